The molecule has 0 spiro atoms. The van der Waals surface area contributed by atoms with Gasteiger partial charge in [-0.25, -0.2) is 5.01 Å². The Kier molecular flexibility index (Phi) is 4.50. The van der Waals surface area contributed by atoms with Crippen molar-refractivity contribution in [3.05, 3.63) is 57.6 Å². The maximum Gasteiger partial charge on any atom is 0.282 e. The van der Waals surface area contributed by atoms with Crippen molar-refractivity contribution >= 4 is 39.5 Å². The number of ether oxygens (including phenoxy) is 1. The van der Waals surface area contributed by atoms with Crippen molar-refractivity contribution in [2.45, 2.75) is 6.92 Å². The molecule has 1 aliphatic heterocycles. The summed E-state index contributed by atoms with van der Waals surface area (Å²) in [6.07, 6.45) is 1.46. The van der Waals surface area contributed by atoms with Gasteiger partial charge in [0.25, 0.3) is 11.8 Å². The Labute approximate surface area is 152 Å². The molecule has 0 aromatic heterocycles. The lowest BCUT2D eigenvalue weighted by atomic mass is 10.1. The molecule has 1 fully saturated rings. The summed E-state index contributed by atoms with van der Waals surface area (Å²) in [5.74, 6) is -0.749. The summed E-state index contributed by atoms with van der Waals surface area (Å²) < 4.78 is 5.48. The van der Waals surface area contributed by atoms with Crippen molar-refractivity contribution < 1.29 is 19.4 Å². The van der Waals surface area contributed by atoms with Gasteiger partial charge in [-0.2, -0.15) is 0 Å². The number of nitrogens with zero attached hydrogens (tertiary/aromatic N) is 1. The molecule has 7 heteroatoms. The Morgan fingerprint density at radius 2 is 1.88 bits per heavy atom. The second-order valence-corrected chi connectivity index (χ2v) is 6.38. The Morgan fingerprint density at radius 1 is 1.20 bits per heavy atom. The summed E-state index contributed by atoms with van der Waals surface area (Å²) in [5.41, 5.74) is 4.73. The molecule has 0 aliphatic carbocycles. The third-order valence-electron chi connectivity index (χ3n) is 3.77. The lowest BCUT2D eigenvalue weighted by molar-refractivity contribution is -0.117. The number of phenols is 1. The van der Waals surface area contributed by atoms with Crippen LogP contribution in [0.15, 0.2) is 46.4 Å². The second-order valence-electron chi connectivity index (χ2n) is 5.53. The largest absolute Gasteiger partial charge is 0.503 e. The number of carbonyl (C=O) groups is 2. The fourth-order valence-corrected chi connectivity index (χ4v) is 2.89. The molecule has 2 N–H and O–H groups in total. The zero-order valence-corrected chi connectivity index (χ0v) is 15.1. The molecule has 0 saturated carbocycles. The van der Waals surface area contributed by atoms with Gasteiger partial charge >= 0.3 is 0 Å². The van der Waals surface area contributed by atoms with Crippen LogP contribution in [0.25, 0.3) is 6.08 Å². The number of methoxy groups -OCH3 is 1. The maximum absolute atomic E-state index is 12.6. The van der Waals surface area contributed by atoms with Crippen LogP contribution >= 0.6 is 15.9 Å². The van der Waals surface area contributed by atoms with Gasteiger partial charge in [-0.15, -0.1) is 0 Å². The van der Waals surface area contributed by atoms with E-state index in [1.807, 2.05) is 19.1 Å². The van der Waals surface area contributed by atoms with Crippen LogP contribution in [0.2, 0.25) is 0 Å². The number of rotatable bonds is 3. The van der Waals surface area contributed by atoms with Gasteiger partial charge < -0.3 is 9.84 Å². The van der Waals surface area contributed by atoms with E-state index in [4.69, 9.17) is 4.74 Å². The van der Waals surface area contributed by atoms with Crippen LogP contribution in [0.5, 0.6) is 11.5 Å². The fraction of sp³-hybridized carbons (Fsp3) is 0.111. The van der Waals surface area contributed by atoms with Crippen LogP contribution in [-0.4, -0.2) is 24.0 Å². The summed E-state index contributed by atoms with van der Waals surface area (Å²) in [6.45, 7) is 1.94. The molecule has 1 aliphatic rings. The molecule has 2 aromatic carbocycles. The normalized spacial score (nSPS) is 15.6. The zero-order valence-electron chi connectivity index (χ0n) is 13.5. The maximum atomic E-state index is 12.6. The van der Waals surface area contributed by atoms with Crippen molar-refractivity contribution in [2.24, 2.45) is 0 Å². The first-order valence-electron chi connectivity index (χ1n) is 7.41. The average Bonchev–Trinajstić information content (AvgIpc) is 2.86. The summed E-state index contributed by atoms with van der Waals surface area (Å²) in [7, 11) is 1.42. The van der Waals surface area contributed by atoms with Crippen molar-refractivity contribution in [2.75, 3.05) is 12.1 Å². The Morgan fingerprint density at radius 3 is 2.52 bits per heavy atom. The van der Waals surface area contributed by atoms with E-state index in [2.05, 4.69) is 21.4 Å². The highest BCUT2D eigenvalue weighted by atomic mass is 79.9. The van der Waals surface area contributed by atoms with Crippen LogP contribution in [0.1, 0.15) is 11.1 Å². The predicted molar refractivity (Wildman–Crippen MR) is 97.1 cm³/mol. The highest BCUT2D eigenvalue weighted by Gasteiger charge is 2.34. The number of amides is 2. The van der Waals surface area contributed by atoms with Gasteiger partial charge in [0.2, 0.25) is 0 Å². The van der Waals surface area contributed by atoms with E-state index < -0.39 is 11.8 Å². The number of carbonyl (C=O) groups excluding carboxylic acids is 2. The van der Waals surface area contributed by atoms with Gasteiger partial charge in [0.1, 0.15) is 5.57 Å². The molecular weight excluding hydrogens is 388 g/mol. The smallest absolute Gasteiger partial charge is 0.282 e. The molecule has 25 heavy (non-hydrogen) atoms. The number of hydrazine groups is 1. The second kappa shape index (κ2) is 6.60. The van der Waals surface area contributed by atoms with E-state index in [0.717, 1.165) is 5.56 Å². The van der Waals surface area contributed by atoms with E-state index in [1.165, 1.54) is 18.2 Å². The first-order chi connectivity index (χ1) is 11.9. The Hall–Kier alpha value is -2.80. The highest BCUT2D eigenvalue weighted by Crippen LogP contribution is 2.36. The lowest BCUT2D eigenvalue weighted by Gasteiger charge is -2.14. The summed E-state index contributed by atoms with van der Waals surface area (Å²) in [5, 5.41) is 11.1. The first kappa shape index (κ1) is 17.0. The lowest BCUT2D eigenvalue weighted by Crippen LogP contribution is -2.35. The van der Waals surface area contributed by atoms with E-state index in [1.54, 1.807) is 24.3 Å². The minimum absolute atomic E-state index is 0.000202. The summed E-state index contributed by atoms with van der Waals surface area (Å²) >= 11 is 3.22. The van der Waals surface area contributed by atoms with E-state index in [0.29, 0.717) is 15.7 Å². The number of benzene rings is 2. The van der Waals surface area contributed by atoms with Gasteiger partial charge in [0, 0.05) is 0 Å². The van der Waals surface area contributed by atoms with Crippen LogP contribution in [0.3, 0.4) is 0 Å². The molecular formula is C18H15BrN2O4. The standard InChI is InChI=1S/C18H15BrN2O4/c1-10-3-5-12(6-4-10)21-18(24)13(17(23)20-21)7-11-8-14(19)16(22)15(9-11)25-2/h3-9,22H,1-2H3,(H,20,23)/b13-7-. The highest BCUT2D eigenvalue weighted by molar-refractivity contribution is 9.10. The number of hydrogen-bond donors (Lipinski definition) is 2. The molecule has 0 bridgehead atoms. The summed E-state index contributed by atoms with van der Waals surface area (Å²) in [4.78, 5) is 24.8. The van der Waals surface area contributed by atoms with Gasteiger partial charge in [0.15, 0.2) is 11.5 Å². The number of phenolic OH excluding ortho intramolecular Hbond substituents is 1. The van der Waals surface area contributed by atoms with Crippen molar-refractivity contribution in [1.29, 1.82) is 0 Å². The van der Waals surface area contributed by atoms with Crippen LogP contribution in [0.4, 0.5) is 5.69 Å². The minimum Gasteiger partial charge on any atom is -0.503 e. The van der Waals surface area contributed by atoms with Crippen LogP contribution < -0.4 is 15.2 Å². The van der Waals surface area contributed by atoms with E-state index in [-0.39, 0.29) is 17.1 Å². The molecule has 1 saturated heterocycles. The Balaban J connectivity index is 1.96. The molecule has 2 amide bonds. The molecule has 1 heterocycles. The quantitative estimate of drug-likeness (QED) is 0.610. The number of nitrogens with one attached hydrogen (secondary N) is 1. The molecule has 0 unspecified atom stereocenters. The SMILES string of the molecule is COc1cc(/C=C2/C(=O)NN(c3ccc(C)cc3)C2=O)cc(Br)c1O. The van der Waals surface area contributed by atoms with Gasteiger partial charge in [-0.05, 0) is 58.8 Å². The van der Waals surface area contributed by atoms with Crippen molar-refractivity contribution in [3.63, 3.8) is 0 Å². The van der Waals surface area contributed by atoms with Crippen molar-refractivity contribution in [3.8, 4) is 11.5 Å². The van der Waals surface area contributed by atoms with Crippen molar-refractivity contribution in [1.82, 2.24) is 5.43 Å². The fourth-order valence-electron chi connectivity index (χ4n) is 2.43. The number of halogens is 1. The first-order valence-corrected chi connectivity index (χ1v) is 8.20. The monoisotopic (exact) mass is 402 g/mol. The zero-order chi connectivity index (χ0) is 18.1. The van der Waals surface area contributed by atoms with E-state index in [9.17, 15) is 14.7 Å². The van der Waals surface area contributed by atoms with Crippen LogP contribution in [-0.2, 0) is 9.59 Å². The molecule has 2 aromatic rings. The van der Waals surface area contributed by atoms with Gasteiger partial charge in [-0.3, -0.25) is 15.0 Å². The minimum atomic E-state index is -0.492. The average molecular weight is 403 g/mol. The number of anilines is 1. The van der Waals surface area contributed by atoms with E-state index >= 15 is 0 Å². The predicted octanol–water partition coefficient (Wildman–Crippen LogP) is 2.93. The number of hydrogen-bond acceptors (Lipinski definition) is 4. The molecule has 0 radical (unpaired) electrons. The van der Waals surface area contributed by atoms with Gasteiger partial charge in [0.05, 0.1) is 17.3 Å². The van der Waals surface area contributed by atoms with Crippen LogP contribution in [0, 0.1) is 6.92 Å². The third kappa shape index (κ3) is 3.23. The molecule has 128 valence electrons. The molecule has 3 rings (SSSR count). The number of aromatic hydroxyl groups is 1. The van der Waals surface area contributed by atoms with Gasteiger partial charge in [-0.1, -0.05) is 17.7 Å². The molecule has 0 atom stereocenters. The topological polar surface area (TPSA) is 78.9 Å². The third-order valence-corrected chi connectivity index (χ3v) is 4.37. The number of aryl methyl sites for hydroxylation is 1. The molecule has 6 nitrogen and oxygen atoms in total. The summed E-state index contributed by atoms with van der Waals surface area (Å²) in [6, 6.07) is 10.4. The Bertz CT molecular complexity index is 891.